The van der Waals surface area contributed by atoms with Crippen molar-refractivity contribution < 1.29 is 9.47 Å². The first-order chi connectivity index (χ1) is 9.63. The van der Waals surface area contributed by atoms with Crippen molar-refractivity contribution in [3.63, 3.8) is 0 Å². The van der Waals surface area contributed by atoms with E-state index in [1.165, 1.54) is 16.9 Å². The van der Waals surface area contributed by atoms with Gasteiger partial charge in [-0.15, -0.1) is 11.3 Å². The Morgan fingerprint density at radius 1 is 1.25 bits per heavy atom. The third kappa shape index (κ3) is 2.90. The fraction of sp³-hybridized carbons (Fsp3) is 0.286. The highest BCUT2D eigenvalue weighted by molar-refractivity contribution is 9.10. The zero-order valence-electron chi connectivity index (χ0n) is 10.8. The van der Waals surface area contributed by atoms with Crippen molar-refractivity contribution in [1.82, 2.24) is 0 Å². The average molecular weight is 375 g/mol. The van der Waals surface area contributed by atoms with Gasteiger partial charge in [0.15, 0.2) is 11.5 Å². The van der Waals surface area contributed by atoms with Crippen molar-refractivity contribution in [3.05, 3.63) is 38.0 Å². The quantitative estimate of drug-likeness (QED) is 0.810. The van der Waals surface area contributed by atoms with Gasteiger partial charge in [0.2, 0.25) is 0 Å². The molecule has 20 heavy (non-hydrogen) atoms. The van der Waals surface area contributed by atoms with Crippen molar-refractivity contribution in [2.24, 2.45) is 0 Å². The molecule has 1 atom stereocenters. The number of hydrogen-bond acceptors (Lipinski definition) is 4. The number of fused-ring (bicyclic) bond motifs is 1. The molecule has 0 bridgehead atoms. The molecule has 1 aliphatic rings. The van der Waals surface area contributed by atoms with Crippen molar-refractivity contribution in [1.29, 1.82) is 0 Å². The third-order valence-electron chi connectivity index (χ3n) is 3.09. The number of halogens is 2. The molecule has 0 saturated heterocycles. The van der Waals surface area contributed by atoms with Gasteiger partial charge in [0, 0.05) is 22.6 Å². The zero-order chi connectivity index (χ0) is 14.1. The molecule has 3 nitrogen and oxygen atoms in total. The van der Waals surface area contributed by atoms with E-state index >= 15 is 0 Å². The molecule has 0 spiro atoms. The second-order valence-electron chi connectivity index (χ2n) is 4.53. The van der Waals surface area contributed by atoms with Crippen LogP contribution in [-0.4, -0.2) is 13.2 Å². The number of thiophene rings is 1. The van der Waals surface area contributed by atoms with E-state index in [4.69, 9.17) is 21.1 Å². The van der Waals surface area contributed by atoms with Gasteiger partial charge >= 0.3 is 0 Å². The van der Waals surface area contributed by atoms with Crippen molar-refractivity contribution >= 4 is 44.6 Å². The van der Waals surface area contributed by atoms with Crippen LogP contribution in [0.5, 0.6) is 11.5 Å². The second kappa shape index (κ2) is 5.84. The largest absolute Gasteiger partial charge is 0.486 e. The van der Waals surface area contributed by atoms with Gasteiger partial charge in [0.05, 0.1) is 10.0 Å². The molecule has 1 unspecified atom stereocenters. The van der Waals surface area contributed by atoms with Crippen LogP contribution in [0.3, 0.4) is 0 Å². The standard InChI is InChI=1S/C14H13BrClNO2S/c1-8(9-4-14(16)20-7-9)17-11-6-13-12(5-10(11)15)18-2-3-19-13/h4-8,17H,2-3H2,1H3. The summed E-state index contributed by atoms with van der Waals surface area (Å²) in [5.41, 5.74) is 2.14. The maximum Gasteiger partial charge on any atom is 0.163 e. The van der Waals surface area contributed by atoms with Crippen LogP contribution in [0.4, 0.5) is 5.69 Å². The minimum absolute atomic E-state index is 0.164. The maximum absolute atomic E-state index is 5.98. The Bertz CT molecular complexity index is 632. The van der Waals surface area contributed by atoms with E-state index in [9.17, 15) is 0 Å². The van der Waals surface area contributed by atoms with Crippen LogP contribution in [0.15, 0.2) is 28.1 Å². The summed E-state index contributed by atoms with van der Waals surface area (Å²) in [6.07, 6.45) is 0. The van der Waals surface area contributed by atoms with E-state index in [2.05, 4.69) is 33.6 Å². The Hall–Kier alpha value is -0.910. The molecule has 0 radical (unpaired) electrons. The lowest BCUT2D eigenvalue weighted by Crippen LogP contribution is -2.16. The highest BCUT2D eigenvalue weighted by Gasteiger charge is 2.16. The van der Waals surface area contributed by atoms with Crippen molar-refractivity contribution in [2.45, 2.75) is 13.0 Å². The molecular weight excluding hydrogens is 362 g/mol. The number of benzene rings is 1. The van der Waals surface area contributed by atoms with E-state index in [1.807, 2.05) is 18.2 Å². The summed E-state index contributed by atoms with van der Waals surface area (Å²) in [5, 5.41) is 5.52. The van der Waals surface area contributed by atoms with Gasteiger partial charge in [-0.1, -0.05) is 11.6 Å². The molecule has 1 aromatic heterocycles. The van der Waals surface area contributed by atoms with Crippen LogP contribution < -0.4 is 14.8 Å². The summed E-state index contributed by atoms with van der Waals surface area (Å²) in [5.74, 6) is 1.55. The normalized spacial score (nSPS) is 14.9. The predicted octanol–water partition coefficient (Wildman–Crippen LogP) is 5.11. The van der Waals surface area contributed by atoms with Crippen LogP contribution in [0.2, 0.25) is 4.34 Å². The summed E-state index contributed by atoms with van der Waals surface area (Å²) >= 11 is 11.1. The van der Waals surface area contributed by atoms with Gasteiger partial charge in [-0.3, -0.25) is 0 Å². The SMILES string of the molecule is CC(Nc1cc2c(cc1Br)OCCO2)c1csc(Cl)c1. The molecule has 1 N–H and O–H groups in total. The molecule has 0 aliphatic carbocycles. The summed E-state index contributed by atoms with van der Waals surface area (Å²) in [6, 6.07) is 6.04. The van der Waals surface area contributed by atoms with Crippen LogP contribution >= 0.6 is 38.9 Å². The molecule has 6 heteroatoms. The smallest absolute Gasteiger partial charge is 0.163 e. The lowest BCUT2D eigenvalue weighted by atomic mass is 10.1. The summed E-state index contributed by atoms with van der Waals surface area (Å²) < 4.78 is 12.9. The number of hydrogen-bond donors (Lipinski definition) is 1. The van der Waals surface area contributed by atoms with E-state index in [0.717, 1.165) is 26.0 Å². The Kier molecular flexibility index (Phi) is 4.10. The minimum Gasteiger partial charge on any atom is -0.486 e. The average Bonchev–Trinajstić information content (AvgIpc) is 2.86. The lowest BCUT2D eigenvalue weighted by molar-refractivity contribution is 0.171. The lowest BCUT2D eigenvalue weighted by Gasteiger charge is -2.22. The first kappa shape index (κ1) is 14.0. The fourth-order valence-corrected chi connectivity index (χ4v) is 3.46. The topological polar surface area (TPSA) is 30.5 Å². The summed E-state index contributed by atoms with van der Waals surface area (Å²) in [6.45, 7) is 3.28. The van der Waals surface area contributed by atoms with Gasteiger partial charge in [-0.25, -0.2) is 0 Å². The van der Waals surface area contributed by atoms with E-state index < -0.39 is 0 Å². The molecule has 1 aliphatic heterocycles. The van der Waals surface area contributed by atoms with Crippen molar-refractivity contribution in [2.75, 3.05) is 18.5 Å². The highest BCUT2D eigenvalue weighted by Crippen LogP contribution is 2.39. The Balaban J connectivity index is 1.83. The Morgan fingerprint density at radius 3 is 2.60 bits per heavy atom. The molecule has 0 amide bonds. The van der Waals surface area contributed by atoms with E-state index in [0.29, 0.717) is 13.2 Å². The first-order valence-corrected chi connectivity index (χ1v) is 8.28. The molecule has 0 fully saturated rings. The molecule has 0 saturated carbocycles. The number of anilines is 1. The number of ether oxygens (including phenoxy) is 2. The molecule has 2 aromatic rings. The van der Waals surface area contributed by atoms with Gasteiger partial charge < -0.3 is 14.8 Å². The van der Waals surface area contributed by atoms with Crippen LogP contribution in [0.1, 0.15) is 18.5 Å². The van der Waals surface area contributed by atoms with E-state index in [1.54, 1.807) is 0 Å². The highest BCUT2D eigenvalue weighted by atomic mass is 79.9. The molecule has 1 aromatic carbocycles. The second-order valence-corrected chi connectivity index (χ2v) is 6.92. The fourth-order valence-electron chi connectivity index (χ4n) is 2.04. The Labute approximate surface area is 135 Å². The van der Waals surface area contributed by atoms with Gasteiger partial charge in [0.1, 0.15) is 13.2 Å². The van der Waals surface area contributed by atoms with Crippen LogP contribution in [0.25, 0.3) is 0 Å². The molecule has 106 valence electrons. The van der Waals surface area contributed by atoms with Crippen molar-refractivity contribution in [3.8, 4) is 11.5 Å². The van der Waals surface area contributed by atoms with E-state index in [-0.39, 0.29) is 6.04 Å². The first-order valence-electron chi connectivity index (χ1n) is 6.23. The predicted molar refractivity (Wildman–Crippen MR) is 86.5 cm³/mol. The van der Waals surface area contributed by atoms with Gasteiger partial charge in [0.25, 0.3) is 0 Å². The summed E-state index contributed by atoms with van der Waals surface area (Å²) in [4.78, 5) is 0. The molecule has 2 heterocycles. The van der Waals surface area contributed by atoms with Crippen LogP contribution in [-0.2, 0) is 0 Å². The third-order valence-corrected chi connectivity index (χ3v) is 4.86. The number of nitrogens with one attached hydrogen (secondary N) is 1. The molecular formula is C14H13BrClNO2S. The van der Waals surface area contributed by atoms with Gasteiger partial charge in [-0.2, -0.15) is 0 Å². The Morgan fingerprint density at radius 2 is 1.95 bits per heavy atom. The van der Waals surface area contributed by atoms with Gasteiger partial charge in [-0.05, 0) is 39.9 Å². The zero-order valence-corrected chi connectivity index (χ0v) is 13.9. The van der Waals surface area contributed by atoms with Crippen LogP contribution in [0, 0.1) is 0 Å². The monoisotopic (exact) mass is 373 g/mol. The molecule has 3 rings (SSSR count). The number of rotatable bonds is 3. The summed E-state index contributed by atoms with van der Waals surface area (Å²) in [7, 11) is 0. The maximum atomic E-state index is 5.98. The minimum atomic E-state index is 0.164.